The lowest BCUT2D eigenvalue weighted by Gasteiger charge is -2.24. The van der Waals surface area contributed by atoms with E-state index in [1.54, 1.807) is 42.5 Å². The maximum atomic E-state index is 13.3. The maximum Gasteiger partial charge on any atom is 0.410 e. The number of carbonyl (C=O) groups excluding carboxylic acids is 6. The lowest BCUT2D eigenvalue weighted by Crippen LogP contribution is -2.54. The van der Waals surface area contributed by atoms with Crippen LogP contribution in [-0.4, -0.2) is 78.8 Å². The maximum absolute atomic E-state index is 13.3. The van der Waals surface area contributed by atoms with E-state index in [9.17, 15) is 33.9 Å². The van der Waals surface area contributed by atoms with Gasteiger partial charge in [0.2, 0.25) is 30.4 Å². The number of nitrogens with one attached hydrogen (secondary N) is 5. The van der Waals surface area contributed by atoms with Crippen molar-refractivity contribution in [2.75, 3.05) is 19.9 Å². The first kappa shape index (κ1) is 33.4. The van der Waals surface area contributed by atoms with E-state index in [-0.39, 0.29) is 30.9 Å². The van der Waals surface area contributed by atoms with Crippen molar-refractivity contribution in [1.29, 1.82) is 0 Å². The second-order valence-electron chi connectivity index (χ2n) is 10.6. The Kier molecular flexibility index (Phi) is 12.5. The molecule has 1 heterocycles. The molecule has 0 unspecified atom stereocenters. The number of hydrogen-bond donors (Lipinski definition) is 6. The first-order valence-corrected chi connectivity index (χ1v) is 14.1. The highest BCUT2D eigenvalue weighted by Gasteiger charge is 2.29. The molecule has 1 fully saturated rings. The van der Waals surface area contributed by atoms with Gasteiger partial charge in [0.15, 0.2) is 0 Å². The van der Waals surface area contributed by atoms with Crippen LogP contribution in [0.4, 0.5) is 4.79 Å². The smallest absolute Gasteiger partial charge is 0.410 e. The summed E-state index contributed by atoms with van der Waals surface area (Å²) in [6, 6.07) is 11.4. The largest absolute Gasteiger partial charge is 0.508 e. The van der Waals surface area contributed by atoms with E-state index in [4.69, 9.17) is 9.47 Å². The summed E-state index contributed by atoms with van der Waals surface area (Å²) in [5, 5.41) is 21.9. The number of rotatable bonds is 6. The first-order chi connectivity index (χ1) is 21.0. The van der Waals surface area contributed by atoms with Crippen LogP contribution >= 0.6 is 0 Å². The normalized spacial score (nSPS) is 21.2. The summed E-state index contributed by atoms with van der Waals surface area (Å²) < 4.78 is 10.1. The molecule has 44 heavy (non-hydrogen) atoms. The molecule has 6 N–H and O–H groups in total. The van der Waals surface area contributed by atoms with E-state index < -0.39 is 73.7 Å². The van der Waals surface area contributed by atoms with Crippen LogP contribution in [0.25, 0.3) is 0 Å². The quantitative estimate of drug-likeness (QED) is 0.244. The van der Waals surface area contributed by atoms with Crippen molar-refractivity contribution in [2.45, 2.75) is 51.2 Å². The molecule has 0 radical (unpaired) electrons. The molecular formula is C30H37N5O9. The van der Waals surface area contributed by atoms with Gasteiger partial charge in [0.05, 0.1) is 13.1 Å². The van der Waals surface area contributed by atoms with Crippen molar-refractivity contribution in [3.05, 3.63) is 65.7 Å². The number of alkyl carbamates (subject to hydrolysis) is 1. The van der Waals surface area contributed by atoms with Crippen LogP contribution in [0.3, 0.4) is 0 Å². The summed E-state index contributed by atoms with van der Waals surface area (Å²) in [4.78, 5) is 76.8. The molecule has 14 nitrogen and oxygen atoms in total. The molecule has 0 bridgehead atoms. The van der Waals surface area contributed by atoms with Crippen LogP contribution in [0.5, 0.6) is 5.75 Å². The van der Waals surface area contributed by atoms with Crippen molar-refractivity contribution in [3.63, 3.8) is 0 Å². The van der Waals surface area contributed by atoms with E-state index >= 15 is 0 Å². The van der Waals surface area contributed by atoms with Crippen molar-refractivity contribution in [3.8, 4) is 5.75 Å². The van der Waals surface area contributed by atoms with E-state index in [1.807, 2.05) is 13.8 Å². The highest BCUT2D eigenvalue weighted by atomic mass is 16.7. The van der Waals surface area contributed by atoms with Crippen molar-refractivity contribution in [1.82, 2.24) is 26.6 Å². The highest BCUT2D eigenvalue weighted by Crippen LogP contribution is 2.12. The Hall–Kier alpha value is -5.14. The number of phenols is 1. The van der Waals surface area contributed by atoms with Crippen LogP contribution in [-0.2, 0) is 46.3 Å². The molecule has 1 saturated heterocycles. The molecule has 1 aliphatic rings. The fraction of sp³-hybridized carbons (Fsp3) is 0.400. The Morgan fingerprint density at radius 2 is 1.32 bits per heavy atom. The fourth-order valence-corrected chi connectivity index (χ4v) is 4.30. The van der Waals surface area contributed by atoms with Gasteiger partial charge in [-0.3, -0.25) is 19.2 Å². The molecule has 5 amide bonds. The molecule has 3 rings (SSSR count). The number of aromatic hydroxyl groups is 1. The lowest BCUT2D eigenvalue weighted by atomic mass is 10.0. The van der Waals surface area contributed by atoms with Gasteiger partial charge in [0, 0.05) is 12.8 Å². The molecule has 236 valence electrons. The Bertz CT molecular complexity index is 1320. The standard InChI is InChI=1S/C30H37N5O9/c1-18(2)12-24-29(41)43-17-44-30(42)35-22(14-20-8-10-21(36)11-9-20)27(39)32-15-25(37)31-16-26(38)33-23(28(40)34-24)13-19-6-4-3-5-7-19/h3-11,18,22-24,36H,12-17H2,1-2H3,(H,31,37)(H,32,39)(H,33,38)(H,34,40)(H,35,42)/t22-,23-,24-/m0/s1. The number of cyclic esters (lactones) is 2. The minimum atomic E-state index is -1.22. The molecule has 0 aromatic heterocycles. The van der Waals surface area contributed by atoms with Gasteiger partial charge in [0.1, 0.15) is 23.9 Å². The van der Waals surface area contributed by atoms with E-state index in [0.717, 1.165) is 5.56 Å². The first-order valence-electron chi connectivity index (χ1n) is 14.1. The average Bonchev–Trinajstić information content (AvgIpc) is 2.98. The van der Waals surface area contributed by atoms with Gasteiger partial charge in [-0.15, -0.1) is 0 Å². The zero-order valence-corrected chi connectivity index (χ0v) is 24.5. The Labute approximate surface area is 254 Å². The molecular weight excluding hydrogens is 574 g/mol. The number of ether oxygens (including phenoxy) is 2. The molecule has 2 aromatic carbocycles. The summed E-state index contributed by atoms with van der Waals surface area (Å²) in [7, 11) is 0. The van der Waals surface area contributed by atoms with Gasteiger partial charge in [-0.05, 0) is 35.6 Å². The van der Waals surface area contributed by atoms with Crippen LogP contribution in [0.15, 0.2) is 54.6 Å². The van der Waals surface area contributed by atoms with Crippen LogP contribution < -0.4 is 26.6 Å². The predicted molar refractivity (Wildman–Crippen MR) is 156 cm³/mol. The zero-order chi connectivity index (χ0) is 32.1. The minimum absolute atomic E-state index is 0.00644. The zero-order valence-electron chi connectivity index (χ0n) is 24.5. The number of amides is 5. The second-order valence-corrected chi connectivity index (χ2v) is 10.6. The number of hydrogen-bond acceptors (Lipinski definition) is 9. The molecule has 14 heteroatoms. The third-order valence-electron chi connectivity index (χ3n) is 6.49. The van der Waals surface area contributed by atoms with Gasteiger partial charge >= 0.3 is 12.1 Å². The lowest BCUT2D eigenvalue weighted by molar-refractivity contribution is -0.156. The molecule has 1 aliphatic heterocycles. The number of carbonyl (C=O) groups is 6. The van der Waals surface area contributed by atoms with Crippen molar-refractivity contribution >= 4 is 35.7 Å². The van der Waals surface area contributed by atoms with Crippen LogP contribution in [0.2, 0.25) is 0 Å². The topological polar surface area (TPSA) is 201 Å². The van der Waals surface area contributed by atoms with Gasteiger partial charge < -0.3 is 41.2 Å². The predicted octanol–water partition coefficient (Wildman–Crippen LogP) is 0.0346. The van der Waals surface area contributed by atoms with Crippen molar-refractivity contribution < 1.29 is 43.3 Å². The third-order valence-corrected chi connectivity index (χ3v) is 6.49. The van der Waals surface area contributed by atoms with Gasteiger partial charge in [-0.25, -0.2) is 9.59 Å². The summed E-state index contributed by atoms with van der Waals surface area (Å²) >= 11 is 0. The van der Waals surface area contributed by atoms with E-state index in [0.29, 0.717) is 5.56 Å². The third kappa shape index (κ3) is 11.3. The van der Waals surface area contributed by atoms with Gasteiger partial charge in [-0.1, -0.05) is 56.3 Å². The Balaban J connectivity index is 1.80. The Morgan fingerprint density at radius 1 is 0.705 bits per heavy atom. The molecule has 0 spiro atoms. The summed E-state index contributed by atoms with van der Waals surface area (Å²) in [5.41, 5.74) is 1.31. The summed E-state index contributed by atoms with van der Waals surface area (Å²) in [6.45, 7) is 1.85. The van der Waals surface area contributed by atoms with Crippen molar-refractivity contribution in [2.24, 2.45) is 5.92 Å². The highest BCUT2D eigenvalue weighted by molar-refractivity contribution is 5.93. The monoisotopic (exact) mass is 611 g/mol. The SMILES string of the molecule is CC(C)C[C@@H]1NC(=O)[C@H](Cc2ccccc2)NC(=O)CNC(=O)CNC(=O)[C@H](Cc2ccc(O)cc2)NC(=O)OCOC1=O. The Morgan fingerprint density at radius 3 is 1.98 bits per heavy atom. The van der Waals surface area contributed by atoms with Crippen LogP contribution in [0, 0.1) is 5.92 Å². The second kappa shape index (κ2) is 16.5. The summed E-state index contributed by atoms with van der Waals surface area (Å²) in [5.74, 6) is -3.67. The fourth-order valence-electron chi connectivity index (χ4n) is 4.30. The molecule has 3 atom stereocenters. The number of phenolic OH excluding ortho intramolecular Hbond substituents is 1. The summed E-state index contributed by atoms with van der Waals surface area (Å²) in [6.07, 6.45) is -0.831. The van der Waals surface area contributed by atoms with E-state index in [2.05, 4.69) is 26.6 Å². The van der Waals surface area contributed by atoms with Gasteiger partial charge in [-0.2, -0.15) is 0 Å². The molecule has 0 aliphatic carbocycles. The van der Waals surface area contributed by atoms with Gasteiger partial charge in [0.25, 0.3) is 0 Å². The van der Waals surface area contributed by atoms with E-state index in [1.165, 1.54) is 12.1 Å². The minimum Gasteiger partial charge on any atom is -0.508 e. The van der Waals surface area contributed by atoms with Crippen LogP contribution in [0.1, 0.15) is 31.4 Å². The number of esters is 1. The molecule has 2 aromatic rings. The number of benzene rings is 2. The molecule has 0 saturated carbocycles. The average molecular weight is 612 g/mol.